The molecule has 4 bridgehead atoms. The minimum atomic E-state index is -0.333. The summed E-state index contributed by atoms with van der Waals surface area (Å²) in [6, 6.07) is 10.1. The van der Waals surface area contributed by atoms with Crippen LogP contribution in [0.3, 0.4) is 0 Å². The van der Waals surface area contributed by atoms with Gasteiger partial charge in [-0.2, -0.15) is 0 Å². The van der Waals surface area contributed by atoms with Crippen molar-refractivity contribution in [3.05, 3.63) is 41.5 Å². The lowest BCUT2D eigenvalue weighted by atomic mass is 9.54. The van der Waals surface area contributed by atoms with E-state index in [2.05, 4.69) is 12.1 Å². The Morgan fingerprint density at radius 3 is 2.38 bits per heavy atom. The van der Waals surface area contributed by atoms with E-state index in [1.54, 1.807) is 12.7 Å². The van der Waals surface area contributed by atoms with Gasteiger partial charge in [0.1, 0.15) is 5.75 Å². The zero-order valence-electron chi connectivity index (χ0n) is 15.0. The molecule has 2 aromatic carbocycles. The number of fused-ring (bicyclic) bond motifs is 1. The van der Waals surface area contributed by atoms with Crippen molar-refractivity contribution >= 4 is 25.5 Å². The van der Waals surface area contributed by atoms with E-state index in [-0.39, 0.29) is 8.69 Å². The number of hydrogen-bond acceptors (Lipinski definition) is 3. The molecule has 0 aliphatic heterocycles. The third kappa shape index (κ3) is 2.56. The second kappa shape index (κ2) is 6.39. The molecule has 3 nitrogen and oxygen atoms in total. The van der Waals surface area contributed by atoms with Crippen LogP contribution in [-0.2, 0) is 4.57 Å². The van der Waals surface area contributed by atoms with Gasteiger partial charge in [0.2, 0.25) is 0 Å². The van der Waals surface area contributed by atoms with Gasteiger partial charge in [-0.3, -0.25) is 0 Å². The second-order valence-corrected chi connectivity index (χ2v) is 8.49. The SMILES string of the molecule is COc1cc2ccccc2c(OP=O)c1C=C1C2CC3CC(C2)CC1C3. The first-order chi connectivity index (χ1) is 12.8. The number of ether oxygens (including phenoxy) is 1. The molecule has 134 valence electrons. The molecule has 0 heterocycles. The molecule has 0 amide bonds. The number of hydrogen-bond donors (Lipinski definition) is 0. The molecule has 4 saturated carbocycles. The first-order valence-corrected chi connectivity index (χ1v) is 10.3. The lowest BCUT2D eigenvalue weighted by Crippen LogP contribution is -2.40. The zero-order chi connectivity index (χ0) is 17.7. The zero-order valence-corrected chi connectivity index (χ0v) is 15.9. The molecule has 0 saturated heterocycles. The van der Waals surface area contributed by atoms with Crippen LogP contribution in [0, 0.1) is 23.7 Å². The van der Waals surface area contributed by atoms with Gasteiger partial charge in [-0.1, -0.05) is 29.8 Å². The molecule has 0 unspecified atom stereocenters. The highest BCUT2D eigenvalue weighted by Gasteiger charge is 2.45. The Balaban J connectivity index is 1.68. The number of methoxy groups -OCH3 is 1. The number of allylic oxidation sites excluding steroid dienone is 1. The van der Waals surface area contributed by atoms with Gasteiger partial charge in [0.25, 0.3) is 0 Å². The quantitative estimate of drug-likeness (QED) is 0.598. The van der Waals surface area contributed by atoms with Crippen LogP contribution in [0.4, 0.5) is 0 Å². The Hall–Kier alpha value is -1.86. The van der Waals surface area contributed by atoms with Crippen molar-refractivity contribution in [2.75, 3.05) is 7.11 Å². The summed E-state index contributed by atoms with van der Waals surface area (Å²) >= 11 is 0. The number of rotatable bonds is 4. The number of benzene rings is 2. The molecule has 2 aromatic rings. The summed E-state index contributed by atoms with van der Waals surface area (Å²) in [6.45, 7) is 0. The minimum Gasteiger partial charge on any atom is -0.496 e. The van der Waals surface area contributed by atoms with E-state index in [9.17, 15) is 4.57 Å². The van der Waals surface area contributed by atoms with Crippen LogP contribution in [0.5, 0.6) is 11.5 Å². The standard InChI is InChI=1S/C22H23O3P/c1-24-21-11-15-4-2-3-5-18(15)22(25-26-23)20(21)12-19-16-7-13-6-14(9-16)10-17(19)8-13/h2-5,11-14,16-17H,6-10H2,1H3. The van der Waals surface area contributed by atoms with Crippen molar-refractivity contribution in [3.63, 3.8) is 0 Å². The van der Waals surface area contributed by atoms with Crippen molar-refractivity contribution in [1.29, 1.82) is 0 Å². The molecule has 4 heteroatoms. The predicted molar refractivity (Wildman–Crippen MR) is 104 cm³/mol. The van der Waals surface area contributed by atoms with Gasteiger partial charge < -0.3 is 9.26 Å². The molecule has 0 atom stereocenters. The van der Waals surface area contributed by atoms with Crippen molar-refractivity contribution in [3.8, 4) is 11.5 Å². The molecule has 4 aliphatic rings. The van der Waals surface area contributed by atoms with Crippen molar-refractivity contribution in [2.45, 2.75) is 32.1 Å². The normalized spacial score (nSPS) is 29.3. The van der Waals surface area contributed by atoms with Gasteiger partial charge in [0.05, 0.1) is 12.7 Å². The predicted octanol–water partition coefficient (Wildman–Crippen LogP) is 6.27. The highest BCUT2D eigenvalue weighted by atomic mass is 31.1. The van der Waals surface area contributed by atoms with Gasteiger partial charge in [-0.25, -0.2) is 4.57 Å². The third-order valence-corrected chi connectivity index (χ3v) is 7.00. The molecular formula is C22H23O3P. The molecule has 4 fully saturated rings. The molecule has 0 aromatic heterocycles. The average molecular weight is 366 g/mol. The average Bonchev–Trinajstić information content (AvgIpc) is 2.65. The van der Waals surface area contributed by atoms with Gasteiger partial charge in [0, 0.05) is 5.39 Å². The van der Waals surface area contributed by atoms with Crippen LogP contribution in [0.25, 0.3) is 16.8 Å². The maximum absolute atomic E-state index is 11.3. The van der Waals surface area contributed by atoms with E-state index in [1.807, 2.05) is 24.3 Å². The molecular weight excluding hydrogens is 343 g/mol. The van der Waals surface area contributed by atoms with Crippen LogP contribution in [0.2, 0.25) is 0 Å². The smallest absolute Gasteiger partial charge is 0.395 e. The molecule has 0 spiro atoms. The lowest BCUT2D eigenvalue weighted by molar-refractivity contribution is 0.0710. The van der Waals surface area contributed by atoms with Gasteiger partial charge in [0.15, 0.2) is 5.75 Å². The first kappa shape index (κ1) is 16.3. The summed E-state index contributed by atoms with van der Waals surface area (Å²) in [5.41, 5.74) is 2.51. The Kier molecular flexibility index (Phi) is 4.01. The van der Waals surface area contributed by atoms with Gasteiger partial charge >= 0.3 is 8.69 Å². The second-order valence-electron chi connectivity index (χ2n) is 8.16. The van der Waals surface area contributed by atoms with Crippen LogP contribution < -0.4 is 9.26 Å². The summed E-state index contributed by atoms with van der Waals surface area (Å²) in [4.78, 5) is 0. The largest absolute Gasteiger partial charge is 0.496 e. The summed E-state index contributed by atoms with van der Waals surface area (Å²) in [6.07, 6.45) is 9.10. The minimum absolute atomic E-state index is 0.333. The monoisotopic (exact) mass is 366 g/mol. The van der Waals surface area contributed by atoms with E-state index in [1.165, 1.54) is 32.1 Å². The van der Waals surface area contributed by atoms with E-state index in [0.29, 0.717) is 17.6 Å². The maximum atomic E-state index is 11.3. The van der Waals surface area contributed by atoms with Crippen molar-refractivity contribution in [1.82, 2.24) is 0 Å². The van der Waals surface area contributed by atoms with E-state index in [4.69, 9.17) is 9.26 Å². The first-order valence-electron chi connectivity index (χ1n) is 9.57. The Bertz CT molecular complexity index is 872. The fourth-order valence-corrected chi connectivity index (χ4v) is 6.15. The summed E-state index contributed by atoms with van der Waals surface area (Å²) in [5.74, 6) is 4.75. The van der Waals surface area contributed by atoms with Crippen molar-refractivity contribution in [2.24, 2.45) is 23.7 Å². The molecule has 6 rings (SSSR count). The highest BCUT2D eigenvalue weighted by molar-refractivity contribution is 7.17. The van der Waals surface area contributed by atoms with E-state index >= 15 is 0 Å². The van der Waals surface area contributed by atoms with Crippen LogP contribution in [0.1, 0.15) is 37.7 Å². The van der Waals surface area contributed by atoms with Gasteiger partial charge in [-0.15, -0.1) is 0 Å². The fourth-order valence-electron chi connectivity index (χ4n) is 5.88. The van der Waals surface area contributed by atoms with E-state index in [0.717, 1.165) is 33.9 Å². The topological polar surface area (TPSA) is 35.5 Å². The Morgan fingerprint density at radius 2 is 1.73 bits per heavy atom. The van der Waals surface area contributed by atoms with Crippen LogP contribution in [0.15, 0.2) is 35.9 Å². The maximum Gasteiger partial charge on any atom is 0.395 e. The third-order valence-electron chi connectivity index (χ3n) is 6.74. The summed E-state index contributed by atoms with van der Waals surface area (Å²) in [7, 11) is 1.36. The highest BCUT2D eigenvalue weighted by Crippen LogP contribution is 2.57. The van der Waals surface area contributed by atoms with Crippen LogP contribution >= 0.6 is 8.69 Å². The molecule has 26 heavy (non-hydrogen) atoms. The fraction of sp³-hybridized carbons (Fsp3) is 0.455. The van der Waals surface area contributed by atoms with Crippen LogP contribution in [-0.4, -0.2) is 7.11 Å². The molecule has 4 aliphatic carbocycles. The van der Waals surface area contributed by atoms with Crippen molar-refractivity contribution < 1.29 is 13.8 Å². The lowest BCUT2D eigenvalue weighted by Gasteiger charge is -2.51. The Morgan fingerprint density at radius 1 is 1.04 bits per heavy atom. The van der Waals surface area contributed by atoms with Gasteiger partial charge in [-0.05, 0) is 73.3 Å². The summed E-state index contributed by atoms with van der Waals surface area (Å²) in [5, 5.41) is 2.02. The van der Waals surface area contributed by atoms with E-state index < -0.39 is 0 Å². The summed E-state index contributed by atoms with van der Waals surface area (Å²) < 4.78 is 22.6. The molecule has 0 N–H and O–H groups in total. The molecule has 0 radical (unpaired) electrons. The Labute approximate surface area is 155 Å².